The Labute approximate surface area is 80.7 Å². The van der Waals surface area contributed by atoms with Gasteiger partial charge in [-0.25, -0.2) is 0 Å². The predicted octanol–water partition coefficient (Wildman–Crippen LogP) is 2.43. The Bertz CT molecular complexity index is 289. The quantitative estimate of drug-likeness (QED) is 0.784. The number of benzene rings is 1. The molecule has 0 fully saturated rings. The van der Waals surface area contributed by atoms with E-state index in [1.807, 2.05) is 6.92 Å². The number of nitrogens with two attached hydrogens (primary N) is 1. The van der Waals surface area contributed by atoms with E-state index in [1.165, 1.54) is 0 Å². The lowest BCUT2D eigenvalue weighted by Gasteiger charge is -2.15. The van der Waals surface area contributed by atoms with E-state index < -0.39 is 12.2 Å². The van der Waals surface area contributed by atoms with Crippen LogP contribution in [0.1, 0.15) is 11.1 Å². The van der Waals surface area contributed by atoms with Gasteiger partial charge in [0.2, 0.25) is 0 Å². The van der Waals surface area contributed by atoms with Gasteiger partial charge in [0.1, 0.15) is 6.04 Å². The average Bonchev–Trinajstić information content (AvgIpc) is 2.07. The van der Waals surface area contributed by atoms with Gasteiger partial charge in [0.25, 0.3) is 0 Å². The summed E-state index contributed by atoms with van der Waals surface area (Å²) < 4.78 is 36.3. The SMILES string of the molecule is Cc1ccc(C[C@@H](N)C(F)(F)F)cc1. The first kappa shape index (κ1) is 11.0. The van der Waals surface area contributed by atoms with E-state index in [4.69, 9.17) is 5.73 Å². The Morgan fingerprint density at radius 3 is 2.14 bits per heavy atom. The molecule has 1 atom stereocenters. The van der Waals surface area contributed by atoms with Crippen LogP contribution in [-0.2, 0) is 6.42 Å². The topological polar surface area (TPSA) is 26.0 Å². The van der Waals surface area contributed by atoms with Crippen molar-refractivity contribution in [1.82, 2.24) is 0 Å². The Balaban J connectivity index is 2.65. The van der Waals surface area contributed by atoms with Crippen molar-refractivity contribution in [3.63, 3.8) is 0 Å². The minimum Gasteiger partial charge on any atom is -0.320 e. The zero-order valence-electron chi connectivity index (χ0n) is 7.81. The van der Waals surface area contributed by atoms with Crippen LogP contribution in [0.2, 0.25) is 0 Å². The highest BCUT2D eigenvalue weighted by Gasteiger charge is 2.36. The summed E-state index contributed by atoms with van der Waals surface area (Å²) in [6.07, 6.45) is -4.48. The first-order chi connectivity index (χ1) is 6.39. The van der Waals surface area contributed by atoms with E-state index in [0.29, 0.717) is 5.56 Å². The van der Waals surface area contributed by atoms with E-state index in [0.717, 1.165) is 5.56 Å². The minimum atomic E-state index is -4.31. The summed E-state index contributed by atoms with van der Waals surface area (Å²) in [5.74, 6) is 0. The molecule has 0 aliphatic rings. The van der Waals surface area contributed by atoms with Crippen LogP contribution in [0.3, 0.4) is 0 Å². The molecule has 0 spiro atoms. The van der Waals surface area contributed by atoms with Crippen molar-refractivity contribution >= 4 is 0 Å². The molecule has 0 saturated carbocycles. The highest BCUT2D eigenvalue weighted by molar-refractivity contribution is 5.22. The van der Waals surface area contributed by atoms with Crippen LogP contribution in [0.25, 0.3) is 0 Å². The van der Waals surface area contributed by atoms with Crippen molar-refractivity contribution in [3.8, 4) is 0 Å². The molecule has 1 nitrogen and oxygen atoms in total. The summed E-state index contributed by atoms with van der Waals surface area (Å²) in [4.78, 5) is 0. The molecule has 78 valence electrons. The lowest BCUT2D eigenvalue weighted by atomic mass is 10.1. The van der Waals surface area contributed by atoms with Gasteiger partial charge in [0, 0.05) is 0 Å². The standard InChI is InChI=1S/C10H12F3N/c1-7-2-4-8(5-3-7)6-9(14)10(11,12)13/h2-5,9H,6,14H2,1H3/t9-/m1/s1. The maximum absolute atomic E-state index is 12.1. The minimum absolute atomic E-state index is 0.163. The fraction of sp³-hybridized carbons (Fsp3) is 0.400. The number of hydrogen-bond donors (Lipinski definition) is 1. The summed E-state index contributed by atoms with van der Waals surface area (Å²) in [6, 6.07) is 5.11. The molecular weight excluding hydrogens is 191 g/mol. The molecule has 0 amide bonds. The van der Waals surface area contributed by atoms with Crippen molar-refractivity contribution < 1.29 is 13.2 Å². The highest BCUT2D eigenvalue weighted by atomic mass is 19.4. The molecule has 0 aliphatic heterocycles. The lowest BCUT2D eigenvalue weighted by Crippen LogP contribution is -2.39. The van der Waals surface area contributed by atoms with Gasteiger partial charge >= 0.3 is 6.18 Å². The zero-order valence-corrected chi connectivity index (χ0v) is 7.81. The van der Waals surface area contributed by atoms with Gasteiger partial charge in [-0.3, -0.25) is 0 Å². The van der Waals surface area contributed by atoms with Crippen LogP contribution < -0.4 is 5.73 Å². The first-order valence-corrected chi connectivity index (χ1v) is 4.27. The smallest absolute Gasteiger partial charge is 0.320 e. The molecule has 0 aliphatic carbocycles. The largest absolute Gasteiger partial charge is 0.403 e. The molecule has 1 rings (SSSR count). The summed E-state index contributed by atoms with van der Waals surface area (Å²) >= 11 is 0. The van der Waals surface area contributed by atoms with Gasteiger partial charge in [-0.1, -0.05) is 29.8 Å². The van der Waals surface area contributed by atoms with Crippen molar-refractivity contribution in [2.45, 2.75) is 25.6 Å². The second-order valence-corrected chi connectivity index (χ2v) is 3.34. The molecule has 0 saturated heterocycles. The van der Waals surface area contributed by atoms with E-state index in [2.05, 4.69) is 0 Å². The first-order valence-electron chi connectivity index (χ1n) is 4.27. The Kier molecular flexibility index (Phi) is 3.16. The van der Waals surface area contributed by atoms with E-state index in [1.54, 1.807) is 24.3 Å². The van der Waals surface area contributed by atoms with Crippen LogP contribution in [0, 0.1) is 6.92 Å². The maximum Gasteiger partial charge on any atom is 0.403 e. The third-order valence-electron chi connectivity index (χ3n) is 2.00. The third-order valence-corrected chi connectivity index (χ3v) is 2.00. The molecular formula is C10H12F3N. The Morgan fingerprint density at radius 1 is 1.21 bits per heavy atom. The molecule has 4 heteroatoms. The van der Waals surface area contributed by atoms with Crippen LogP contribution in [0.5, 0.6) is 0 Å². The van der Waals surface area contributed by atoms with Crippen LogP contribution in [0.4, 0.5) is 13.2 Å². The fourth-order valence-corrected chi connectivity index (χ4v) is 1.09. The van der Waals surface area contributed by atoms with Gasteiger partial charge in [-0.2, -0.15) is 13.2 Å². The fourth-order valence-electron chi connectivity index (χ4n) is 1.09. The molecule has 1 aromatic carbocycles. The second-order valence-electron chi connectivity index (χ2n) is 3.34. The summed E-state index contributed by atoms with van der Waals surface area (Å²) in [7, 11) is 0. The van der Waals surface area contributed by atoms with E-state index in [-0.39, 0.29) is 6.42 Å². The van der Waals surface area contributed by atoms with Gasteiger partial charge < -0.3 is 5.73 Å². The monoisotopic (exact) mass is 203 g/mol. The van der Waals surface area contributed by atoms with Gasteiger partial charge in [-0.15, -0.1) is 0 Å². The molecule has 1 aromatic rings. The Morgan fingerprint density at radius 2 is 1.71 bits per heavy atom. The van der Waals surface area contributed by atoms with Gasteiger partial charge in [0.05, 0.1) is 0 Å². The predicted molar refractivity (Wildman–Crippen MR) is 48.9 cm³/mol. The molecule has 0 heterocycles. The van der Waals surface area contributed by atoms with Crippen molar-refractivity contribution in [3.05, 3.63) is 35.4 Å². The summed E-state index contributed by atoms with van der Waals surface area (Å²) in [5, 5.41) is 0. The highest BCUT2D eigenvalue weighted by Crippen LogP contribution is 2.21. The summed E-state index contributed by atoms with van der Waals surface area (Å²) in [5.41, 5.74) is 6.63. The number of alkyl halides is 3. The number of hydrogen-bond acceptors (Lipinski definition) is 1. The van der Waals surface area contributed by atoms with Crippen LogP contribution in [0.15, 0.2) is 24.3 Å². The maximum atomic E-state index is 12.1. The van der Waals surface area contributed by atoms with Crippen molar-refractivity contribution in [1.29, 1.82) is 0 Å². The number of aryl methyl sites for hydroxylation is 1. The molecule has 2 N–H and O–H groups in total. The van der Waals surface area contributed by atoms with Crippen molar-refractivity contribution in [2.75, 3.05) is 0 Å². The van der Waals surface area contributed by atoms with E-state index in [9.17, 15) is 13.2 Å². The molecule has 14 heavy (non-hydrogen) atoms. The summed E-state index contributed by atoms with van der Waals surface area (Å²) in [6.45, 7) is 1.88. The molecule has 0 unspecified atom stereocenters. The van der Waals surface area contributed by atoms with Gasteiger partial charge in [0.15, 0.2) is 0 Å². The normalized spacial score (nSPS) is 14.1. The molecule has 0 aromatic heterocycles. The average molecular weight is 203 g/mol. The second kappa shape index (κ2) is 4.00. The van der Waals surface area contributed by atoms with Crippen LogP contribution in [-0.4, -0.2) is 12.2 Å². The molecule has 0 bridgehead atoms. The zero-order chi connectivity index (χ0) is 10.8. The number of halogens is 3. The van der Waals surface area contributed by atoms with Crippen molar-refractivity contribution in [2.24, 2.45) is 5.73 Å². The molecule has 0 radical (unpaired) electrons. The third kappa shape index (κ3) is 3.03. The van der Waals surface area contributed by atoms with E-state index >= 15 is 0 Å². The lowest BCUT2D eigenvalue weighted by molar-refractivity contribution is -0.147. The Hall–Kier alpha value is -1.03. The van der Waals surface area contributed by atoms with Crippen LogP contribution >= 0.6 is 0 Å². The van der Waals surface area contributed by atoms with Gasteiger partial charge in [-0.05, 0) is 18.9 Å². The number of rotatable bonds is 2.